The van der Waals surface area contributed by atoms with Crippen LogP contribution in [0.3, 0.4) is 0 Å². The highest BCUT2D eigenvalue weighted by Crippen LogP contribution is 2.50. The molecule has 0 spiro atoms. The molecule has 0 amide bonds. The van der Waals surface area contributed by atoms with E-state index >= 15 is 0 Å². The van der Waals surface area contributed by atoms with Crippen LogP contribution in [0.1, 0.15) is 37.9 Å². The lowest BCUT2D eigenvalue weighted by atomic mass is 9.96. The minimum atomic E-state index is -0.324. The molecule has 1 unspecified atom stereocenters. The number of hydrogen-bond donors (Lipinski definition) is 1. The number of fused-ring (bicyclic) bond motifs is 4. The molecule has 166 valence electrons. The molecule has 5 aromatic rings. The van der Waals surface area contributed by atoms with Crippen LogP contribution in [0.15, 0.2) is 65.1 Å². The smallest absolute Gasteiger partial charge is 0.227 e. The van der Waals surface area contributed by atoms with Crippen molar-refractivity contribution in [1.82, 2.24) is 15.2 Å². The maximum Gasteiger partial charge on any atom is 0.227 e. The first kappa shape index (κ1) is 19.9. The summed E-state index contributed by atoms with van der Waals surface area (Å²) in [4.78, 5) is 9.45. The van der Waals surface area contributed by atoms with Crippen molar-refractivity contribution >= 4 is 39.1 Å². The maximum absolute atomic E-state index is 6.36. The number of nitrogens with zero attached hydrogens (tertiary/aromatic N) is 4. The van der Waals surface area contributed by atoms with E-state index in [1.54, 1.807) is 0 Å². The monoisotopic (exact) mass is 437 g/mol. The number of para-hydroxylation sites is 3. The van der Waals surface area contributed by atoms with E-state index in [4.69, 9.17) is 4.42 Å². The van der Waals surface area contributed by atoms with Crippen molar-refractivity contribution in [2.24, 2.45) is 0 Å². The molecule has 2 aromatic carbocycles. The lowest BCUT2D eigenvalue weighted by molar-refractivity contribution is 0.436. The van der Waals surface area contributed by atoms with Gasteiger partial charge in [-0.25, -0.2) is 4.98 Å². The van der Waals surface area contributed by atoms with E-state index in [-0.39, 0.29) is 11.7 Å². The third kappa shape index (κ3) is 2.80. The summed E-state index contributed by atoms with van der Waals surface area (Å²) >= 11 is 0. The van der Waals surface area contributed by atoms with Gasteiger partial charge >= 0.3 is 0 Å². The van der Waals surface area contributed by atoms with E-state index in [2.05, 4.69) is 100 Å². The molecule has 1 aliphatic heterocycles. The highest BCUT2D eigenvalue weighted by molar-refractivity contribution is 6.09. The molecule has 0 radical (unpaired) electrons. The molecule has 33 heavy (non-hydrogen) atoms. The summed E-state index contributed by atoms with van der Waals surface area (Å²) in [5.74, 6) is 0. The second-order valence-corrected chi connectivity index (χ2v) is 9.42. The van der Waals surface area contributed by atoms with Gasteiger partial charge in [-0.15, -0.1) is 0 Å². The van der Waals surface area contributed by atoms with Crippen LogP contribution in [-0.2, 0) is 5.54 Å². The Labute approximate surface area is 192 Å². The van der Waals surface area contributed by atoms with Gasteiger partial charge in [0.25, 0.3) is 0 Å². The van der Waals surface area contributed by atoms with Crippen LogP contribution >= 0.6 is 0 Å². The fourth-order valence-corrected chi connectivity index (χ4v) is 5.29. The second-order valence-electron chi connectivity index (χ2n) is 9.42. The Morgan fingerprint density at radius 2 is 1.67 bits per heavy atom. The number of benzene rings is 2. The van der Waals surface area contributed by atoms with E-state index in [1.165, 1.54) is 5.69 Å². The molecule has 0 bridgehead atoms. The SMILES string of the molecule is Cc1ccc2c(n1)oc1c(N3c4ccccc4N(C(C)(C)c4cc(C)[nH]n4)C3C)cccc12. The van der Waals surface area contributed by atoms with Crippen LogP contribution in [0.2, 0.25) is 0 Å². The Morgan fingerprint density at radius 1 is 0.909 bits per heavy atom. The summed E-state index contributed by atoms with van der Waals surface area (Å²) in [7, 11) is 0. The molecule has 4 heterocycles. The summed E-state index contributed by atoms with van der Waals surface area (Å²) < 4.78 is 6.36. The molecule has 6 nitrogen and oxygen atoms in total. The molecule has 1 aliphatic rings. The van der Waals surface area contributed by atoms with E-state index < -0.39 is 0 Å². The maximum atomic E-state index is 6.36. The van der Waals surface area contributed by atoms with Crippen LogP contribution in [-0.4, -0.2) is 21.3 Å². The average Bonchev–Trinajstić information content (AvgIpc) is 3.46. The molecular formula is C27H27N5O. The van der Waals surface area contributed by atoms with Crippen molar-refractivity contribution in [3.05, 3.63) is 77.7 Å². The number of pyridine rings is 1. The van der Waals surface area contributed by atoms with Crippen molar-refractivity contribution in [3.63, 3.8) is 0 Å². The van der Waals surface area contributed by atoms with Crippen LogP contribution < -0.4 is 9.80 Å². The van der Waals surface area contributed by atoms with Crippen molar-refractivity contribution in [2.75, 3.05) is 9.80 Å². The summed E-state index contributed by atoms with van der Waals surface area (Å²) in [6.45, 7) is 10.7. The number of aryl methyl sites for hydroxylation is 2. The van der Waals surface area contributed by atoms with Gasteiger partial charge in [0.15, 0.2) is 5.58 Å². The van der Waals surface area contributed by atoms with Crippen molar-refractivity contribution < 1.29 is 4.42 Å². The zero-order valence-electron chi connectivity index (χ0n) is 19.5. The lowest BCUT2D eigenvalue weighted by Crippen LogP contribution is -2.49. The van der Waals surface area contributed by atoms with Gasteiger partial charge in [0.2, 0.25) is 5.71 Å². The van der Waals surface area contributed by atoms with Gasteiger partial charge in [-0.2, -0.15) is 5.10 Å². The predicted molar refractivity (Wildman–Crippen MR) is 133 cm³/mol. The number of anilines is 3. The standard InChI is InChI=1S/C27H27N5O/c1-16-13-14-20-19-9-8-12-23(25(19)33-26(20)28-16)31-18(3)32(22-11-7-6-10-21(22)31)27(4,5)24-15-17(2)29-30-24/h6-15,18H,1-5H3,(H,29,30). The Bertz CT molecular complexity index is 1510. The molecule has 3 aromatic heterocycles. The number of nitrogens with one attached hydrogen (secondary N) is 1. The first-order valence-corrected chi connectivity index (χ1v) is 11.4. The molecule has 1 N–H and O–H groups in total. The number of H-pyrrole nitrogens is 1. The molecule has 6 heteroatoms. The first-order valence-electron chi connectivity index (χ1n) is 11.4. The Balaban J connectivity index is 1.56. The molecule has 0 aliphatic carbocycles. The topological polar surface area (TPSA) is 61.2 Å². The second kappa shape index (κ2) is 6.85. The third-order valence-electron chi connectivity index (χ3n) is 6.83. The van der Waals surface area contributed by atoms with Crippen LogP contribution in [0, 0.1) is 13.8 Å². The molecule has 1 atom stereocenters. The summed E-state index contributed by atoms with van der Waals surface area (Å²) in [5, 5.41) is 9.85. The zero-order chi connectivity index (χ0) is 22.9. The van der Waals surface area contributed by atoms with E-state index in [0.717, 1.165) is 44.8 Å². The fraction of sp³-hybridized carbons (Fsp3) is 0.259. The van der Waals surface area contributed by atoms with Gasteiger partial charge in [-0.05, 0) is 71.0 Å². The van der Waals surface area contributed by atoms with E-state index in [0.29, 0.717) is 5.71 Å². The average molecular weight is 438 g/mol. The minimum Gasteiger partial charge on any atom is -0.435 e. The predicted octanol–water partition coefficient (Wildman–Crippen LogP) is 6.56. The minimum absolute atomic E-state index is 0.0444. The highest BCUT2D eigenvalue weighted by atomic mass is 16.3. The number of furan rings is 1. The van der Waals surface area contributed by atoms with Crippen LogP contribution in [0.4, 0.5) is 17.1 Å². The third-order valence-corrected chi connectivity index (χ3v) is 6.83. The van der Waals surface area contributed by atoms with Crippen molar-refractivity contribution in [2.45, 2.75) is 46.3 Å². The normalized spacial score (nSPS) is 16.2. The molecule has 0 fully saturated rings. The van der Waals surface area contributed by atoms with Gasteiger partial charge in [0.1, 0.15) is 6.17 Å². The Morgan fingerprint density at radius 3 is 2.42 bits per heavy atom. The first-order chi connectivity index (χ1) is 15.9. The zero-order valence-corrected chi connectivity index (χ0v) is 19.5. The fourth-order valence-electron chi connectivity index (χ4n) is 5.29. The van der Waals surface area contributed by atoms with Gasteiger partial charge in [0.05, 0.1) is 28.3 Å². The van der Waals surface area contributed by atoms with Crippen molar-refractivity contribution in [1.29, 1.82) is 0 Å². The van der Waals surface area contributed by atoms with Crippen LogP contribution in [0.25, 0.3) is 22.1 Å². The molecule has 0 saturated heterocycles. The quantitative estimate of drug-likeness (QED) is 0.346. The lowest BCUT2D eigenvalue weighted by Gasteiger charge is -2.41. The Kier molecular flexibility index (Phi) is 4.12. The highest BCUT2D eigenvalue weighted by Gasteiger charge is 2.44. The van der Waals surface area contributed by atoms with Gasteiger partial charge < -0.3 is 14.2 Å². The van der Waals surface area contributed by atoms with E-state index in [9.17, 15) is 0 Å². The number of rotatable bonds is 3. The largest absolute Gasteiger partial charge is 0.435 e. The Hall–Kier alpha value is -3.80. The molecule has 0 saturated carbocycles. The van der Waals surface area contributed by atoms with Gasteiger partial charge in [-0.3, -0.25) is 5.10 Å². The number of hydrogen-bond acceptors (Lipinski definition) is 5. The van der Waals surface area contributed by atoms with Gasteiger partial charge in [-0.1, -0.05) is 24.3 Å². The summed E-state index contributed by atoms with van der Waals surface area (Å²) in [6, 6.07) is 21.2. The summed E-state index contributed by atoms with van der Waals surface area (Å²) in [5.41, 5.74) is 7.62. The van der Waals surface area contributed by atoms with E-state index in [1.807, 2.05) is 19.9 Å². The molecule has 6 rings (SSSR count). The number of aromatic nitrogens is 3. The van der Waals surface area contributed by atoms with Gasteiger partial charge in [0, 0.05) is 22.2 Å². The van der Waals surface area contributed by atoms with Crippen LogP contribution in [0.5, 0.6) is 0 Å². The van der Waals surface area contributed by atoms with Crippen molar-refractivity contribution in [3.8, 4) is 0 Å². The summed E-state index contributed by atoms with van der Waals surface area (Å²) in [6.07, 6.45) is 0.0444. The molecular weight excluding hydrogens is 410 g/mol. The number of aromatic amines is 1.